The van der Waals surface area contributed by atoms with Crippen molar-refractivity contribution >= 4 is 27.6 Å². The summed E-state index contributed by atoms with van der Waals surface area (Å²) in [5.41, 5.74) is 0.842. The monoisotopic (exact) mass is 313 g/mol. The van der Waals surface area contributed by atoms with Gasteiger partial charge in [0.1, 0.15) is 6.04 Å². The summed E-state index contributed by atoms with van der Waals surface area (Å²) < 4.78 is 7.29. The van der Waals surface area contributed by atoms with E-state index in [0.29, 0.717) is 11.8 Å². The van der Waals surface area contributed by atoms with Gasteiger partial charge in [-0.05, 0) is 17.7 Å². The highest BCUT2D eigenvalue weighted by atomic mass is 32.1. The third kappa shape index (κ3) is 2.67. The van der Waals surface area contributed by atoms with Crippen LogP contribution in [-0.2, 0) is 16.0 Å². The maximum absolute atomic E-state index is 12.5. The van der Waals surface area contributed by atoms with Gasteiger partial charge in [0.15, 0.2) is 0 Å². The summed E-state index contributed by atoms with van der Waals surface area (Å²) in [4.78, 5) is 24.7. The molecule has 0 N–H and O–H groups in total. The normalized spacial score (nSPS) is 12.2. The van der Waals surface area contributed by atoms with E-state index < -0.39 is 12.0 Å². The molecule has 0 spiro atoms. The van der Waals surface area contributed by atoms with E-state index in [4.69, 9.17) is 4.74 Å². The fourth-order valence-corrected chi connectivity index (χ4v) is 3.50. The molecule has 4 nitrogen and oxygen atoms in total. The average molecular weight is 313 g/mol. The van der Waals surface area contributed by atoms with Crippen molar-refractivity contribution in [1.29, 1.82) is 0 Å². The van der Waals surface area contributed by atoms with E-state index in [0.717, 1.165) is 10.3 Å². The number of fused-ring (bicyclic) bond motifs is 1. The van der Waals surface area contributed by atoms with Crippen LogP contribution in [0.3, 0.4) is 0 Å². The summed E-state index contributed by atoms with van der Waals surface area (Å²) in [5.74, 6) is -0.405. The number of rotatable bonds is 4. The lowest BCUT2D eigenvalue weighted by Crippen LogP contribution is -2.28. The van der Waals surface area contributed by atoms with Crippen molar-refractivity contribution in [1.82, 2.24) is 3.96 Å². The lowest BCUT2D eigenvalue weighted by Gasteiger charge is -2.14. The van der Waals surface area contributed by atoms with Gasteiger partial charge >= 0.3 is 5.97 Å². The summed E-state index contributed by atoms with van der Waals surface area (Å²) >= 11 is 1.30. The van der Waals surface area contributed by atoms with E-state index in [9.17, 15) is 9.59 Å². The molecular formula is C17H15NO3S. The van der Waals surface area contributed by atoms with Crippen LogP contribution in [0, 0.1) is 0 Å². The van der Waals surface area contributed by atoms with Crippen molar-refractivity contribution in [3.63, 3.8) is 0 Å². The topological polar surface area (TPSA) is 48.3 Å². The molecule has 0 aliphatic heterocycles. The van der Waals surface area contributed by atoms with E-state index in [2.05, 4.69) is 0 Å². The minimum Gasteiger partial charge on any atom is -0.467 e. The van der Waals surface area contributed by atoms with Crippen LogP contribution in [0.2, 0.25) is 0 Å². The standard InChI is InChI=1S/C17H15NO3S/c1-21-17(20)14(11-12-7-3-2-4-8-12)18-16(19)13-9-5-6-10-15(13)22-18/h2-10,14H,11H2,1H3. The Morgan fingerprint density at radius 1 is 1.14 bits per heavy atom. The number of hydrogen-bond acceptors (Lipinski definition) is 4. The molecule has 2 aromatic carbocycles. The minimum atomic E-state index is -0.641. The first-order valence-corrected chi connectivity index (χ1v) is 7.70. The Kier molecular flexibility index (Phi) is 4.06. The molecule has 5 heteroatoms. The number of carbonyl (C=O) groups excluding carboxylic acids is 1. The molecule has 0 bridgehead atoms. The van der Waals surface area contributed by atoms with Crippen molar-refractivity contribution in [3.8, 4) is 0 Å². The third-order valence-corrected chi connectivity index (χ3v) is 4.71. The second-order valence-corrected chi connectivity index (χ2v) is 5.96. The number of methoxy groups -OCH3 is 1. The zero-order valence-electron chi connectivity index (χ0n) is 12.1. The Morgan fingerprint density at radius 3 is 2.50 bits per heavy atom. The lowest BCUT2D eigenvalue weighted by atomic mass is 10.1. The predicted molar refractivity (Wildman–Crippen MR) is 87.3 cm³/mol. The van der Waals surface area contributed by atoms with Crippen LogP contribution in [0.4, 0.5) is 0 Å². The molecule has 0 aliphatic rings. The number of hydrogen-bond donors (Lipinski definition) is 0. The Morgan fingerprint density at radius 2 is 1.82 bits per heavy atom. The van der Waals surface area contributed by atoms with Crippen molar-refractivity contribution in [3.05, 3.63) is 70.5 Å². The summed E-state index contributed by atoms with van der Waals surface area (Å²) in [7, 11) is 1.35. The van der Waals surface area contributed by atoms with Crippen LogP contribution >= 0.6 is 11.5 Å². The van der Waals surface area contributed by atoms with Gasteiger partial charge in [-0.15, -0.1) is 0 Å². The first-order chi connectivity index (χ1) is 10.7. The number of ether oxygens (including phenoxy) is 1. The first-order valence-electron chi connectivity index (χ1n) is 6.93. The second kappa shape index (κ2) is 6.15. The largest absolute Gasteiger partial charge is 0.467 e. The minimum absolute atomic E-state index is 0.146. The van der Waals surface area contributed by atoms with Gasteiger partial charge in [0, 0.05) is 6.42 Å². The van der Waals surface area contributed by atoms with Gasteiger partial charge in [-0.25, -0.2) is 8.75 Å². The maximum Gasteiger partial charge on any atom is 0.330 e. The van der Waals surface area contributed by atoms with E-state index in [1.54, 1.807) is 6.07 Å². The number of esters is 1. The SMILES string of the molecule is COC(=O)C(Cc1ccccc1)n1sc2ccccc2c1=O. The first kappa shape index (κ1) is 14.5. The molecule has 0 amide bonds. The summed E-state index contributed by atoms with van der Waals surface area (Å²) in [6, 6.07) is 16.4. The quantitative estimate of drug-likeness (QED) is 0.696. The van der Waals surface area contributed by atoms with Gasteiger partial charge in [0.25, 0.3) is 5.56 Å². The smallest absolute Gasteiger partial charge is 0.330 e. The second-order valence-electron chi connectivity index (χ2n) is 4.95. The van der Waals surface area contributed by atoms with Crippen LogP contribution in [0.1, 0.15) is 11.6 Å². The van der Waals surface area contributed by atoms with E-state index in [1.165, 1.54) is 22.6 Å². The van der Waals surface area contributed by atoms with Gasteiger partial charge in [-0.3, -0.25) is 4.79 Å². The highest BCUT2D eigenvalue weighted by Gasteiger charge is 2.25. The number of nitrogens with zero attached hydrogens (tertiary/aromatic N) is 1. The molecule has 22 heavy (non-hydrogen) atoms. The summed E-state index contributed by atoms with van der Waals surface area (Å²) in [6.07, 6.45) is 0.431. The van der Waals surface area contributed by atoms with Gasteiger partial charge < -0.3 is 4.74 Å². The Balaban J connectivity index is 2.06. The fourth-order valence-electron chi connectivity index (χ4n) is 2.43. The molecule has 1 aromatic heterocycles. The molecule has 112 valence electrons. The van der Waals surface area contributed by atoms with Gasteiger partial charge in [0.2, 0.25) is 0 Å². The Hall–Kier alpha value is -2.40. The molecule has 0 radical (unpaired) electrons. The van der Waals surface area contributed by atoms with Crippen LogP contribution < -0.4 is 5.56 Å². The van der Waals surface area contributed by atoms with Crippen LogP contribution in [-0.4, -0.2) is 17.0 Å². The van der Waals surface area contributed by atoms with Crippen molar-refractivity contribution in [2.45, 2.75) is 12.5 Å². The molecule has 0 fully saturated rings. The van der Waals surface area contributed by atoms with E-state index in [-0.39, 0.29) is 5.56 Å². The highest BCUT2D eigenvalue weighted by molar-refractivity contribution is 7.14. The molecule has 0 saturated heterocycles. The van der Waals surface area contributed by atoms with E-state index >= 15 is 0 Å². The van der Waals surface area contributed by atoms with Gasteiger partial charge in [-0.1, -0.05) is 54.0 Å². The highest BCUT2D eigenvalue weighted by Crippen LogP contribution is 2.23. The molecule has 1 heterocycles. The van der Waals surface area contributed by atoms with Crippen molar-refractivity contribution in [2.75, 3.05) is 7.11 Å². The van der Waals surface area contributed by atoms with Gasteiger partial charge in [0.05, 0.1) is 17.2 Å². The summed E-state index contributed by atoms with van der Waals surface area (Å²) in [5, 5.41) is 0.634. The zero-order valence-corrected chi connectivity index (χ0v) is 12.9. The molecule has 0 aliphatic carbocycles. The number of benzene rings is 2. The molecule has 3 rings (SSSR count). The van der Waals surface area contributed by atoms with Crippen LogP contribution in [0.25, 0.3) is 10.1 Å². The van der Waals surface area contributed by atoms with Crippen molar-refractivity contribution < 1.29 is 9.53 Å². The van der Waals surface area contributed by atoms with E-state index in [1.807, 2.05) is 48.5 Å². The Labute approximate surface area is 131 Å². The summed E-state index contributed by atoms with van der Waals surface area (Å²) in [6.45, 7) is 0. The molecule has 0 saturated carbocycles. The number of carbonyl (C=O) groups is 1. The van der Waals surface area contributed by atoms with Crippen molar-refractivity contribution in [2.24, 2.45) is 0 Å². The van der Waals surface area contributed by atoms with Crippen LogP contribution in [0.5, 0.6) is 0 Å². The third-order valence-electron chi connectivity index (χ3n) is 3.54. The van der Waals surface area contributed by atoms with Crippen LogP contribution in [0.15, 0.2) is 59.4 Å². The molecule has 3 aromatic rings. The number of aromatic nitrogens is 1. The molecule has 1 unspecified atom stereocenters. The molecular weight excluding hydrogens is 298 g/mol. The molecule has 1 atom stereocenters. The predicted octanol–water partition coefficient (Wildman–Crippen LogP) is 3.02. The lowest BCUT2D eigenvalue weighted by molar-refractivity contribution is -0.144. The Bertz CT molecular complexity index is 851. The fraction of sp³-hybridized carbons (Fsp3) is 0.176. The average Bonchev–Trinajstić information content (AvgIpc) is 2.90. The maximum atomic E-state index is 12.5. The van der Waals surface area contributed by atoms with Gasteiger partial charge in [-0.2, -0.15) is 0 Å². The zero-order chi connectivity index (χ0) is 15.5.